The summed E-state index contributed by atoms with van der Waals surface area (Å²) in [6.07, 6.45) is 3.38. The second kappa shape index (κ2) is 6.38. The number of carbonyl (C=O) groups is 1. The number of carboxylic acid groups (broad SMARTS) is 1. The maximum atomic E-state index is 10.5. The Kier molecular flexibility index (Phi) is 4.81. The van der Waals surface area contributed by atoms with Crippen LogP contribution in [0.4, 0.5) is 0 Å². The van der Waals surface area contributed by atoms with Crippen LogP contribution in [-0.4, -0.2) is 47.1 Å². The number of nitrogens with one attached hydrogen (secondary N) is 1. The van der Waals surface area contributed by atoms with E-state index in [1.165, 1.54) is 29.5 Å². The number of carbonyl (C=O) groups excluding carboxylic acids is 1. The number of rotatable bonds is 8. The average Bonchev–Trinajstić information content (AvgIpc) is 3.09. The second-order valence-corrected chi connectivity index (χ2v) is 6.18. The third-order valence-electron chi connectivity index (χ3n) is 3.07. The van der Waals surface area contributed by atoms with E-state index >= 15 is 0 Å². The molecule has 0 saturated heterocycles. The summed E-state index contributed by atoms with van der Waals surface area (Å²) in [6, 6.07) is 0. The summed E-state index contributed by atoms with van der Waals surface area (Å²) in [5.74, 6) is 0.415. The third-order valence-corrected chi connectivity index (χ3v) is 4.01. The number of hydrogen-bond acceptors (Lipinski definition) is 5. The van der Waals surface area contributed by atoms with E-state index in [4.69, 9.17) is 0 Å². The molecule has 1 N–H and O–H groups in total. The molecule has 0 spiro atoms. The van der Waals surface area contributed by atoms with Crippen LogP contribution in [0.1, 0.15) is 31.0 Å². The molecule has 1 aromatic heterocycles. The fraction of sp³-hybridized carbons (Fsp3) is 0.750. The van der Waals surface area contributed by atoms with Gasteiger partial charge in [-0.1, -0.05) is 11.8 Å². The lowest BCUT2D eigenvalue weighted by atomic mass is 10.3. The zero-order valence-corrected chi connectivity index (χ0v) is 12.2. The van der Waals surface area contributed by atoms with Gasteiger partial charge in [-0.15, -0.1) is 10.2 Å². The third kappa shape index (κ3) is 4.21. The van der Waals surface area contributed by atoms with E-state index in [0.717, 1.165) is 25.3 Å². The number of aliphatic carboxylic acids is 1. The number of nitrogens with zero attached hydrogens (tertiary/aromatic N) is 3. The molecule has 0 aromatic carbocycles. The molecule has 1 aliphatic rings. The number of thioether (sulfide) groups is 1. The zero-order valence-electron chi connectivity index (χ0n) is 11.4. The summed E-state index contributed by atoms with van der Waals surface area (Å²) < 4.78 is 2.09. The highest BCUT2D eigenvalue weighted by Crippen LogP contribution is 2.40. The van der Waals surface area contributed by atoms with Crippen molar-refractivity contribution in [2.24, 2.45) is 0 Å². The standard InChI is InChI=1S/C12H20N4O2S/c1-15(2)6-3-7-16-11(9-4-5-9)13-14-12(16)19-8-10(17)18/h9H,3-8H2,1-2H3,(H,17,18). The summed E-state index contributed by atoms with van der Waals surface area (Å²) in [5, 5.41) is 19.6. The van der Waals surface area contributed by atoms with Gasteiger partial charge in [0.15, 0.2) is 5.16 Å². The van der Waals surface area contributed by atoms with Crippen LogP contribution in [0, 0.1) is 0 Å². The molecular weight excluding hydrogens is 264 g/mol. The highest BCUT2D eigenvalue weighted by Gasteiger charge is 2.30. The summed E-state index contributed by atoms with van der Waals surface area (Å²) in [4.78, 5) is 12.0. The first-order chi connectivity index (χ1) is 9.08. The maximum Gasteiger partial charge on any atom is 0.191 e. The monoisotopic (exact) mass is 284 g/mol. The van der Waals surface area contributed by atoms with Gasteiger partial charge in [-0.25, -0.2) is 0 Å². The Bertz CT molecular complexity index is 443. The molecule has 0 unspecified atom stereocenters. The Hall–Kier alpha value is -1.08. The van der Waals surface area contributed by atoms with Crippen molar-refractivity contribution >= 4 is 17.7 Å². The van der Waals surface area contributed by atoms with Crippen molar-refractivity contribution in [2.45, 2.75) is 36.9 Å². The Balaban J connectivity index is 2.02. The van der Waals surface area contributed by atoms with E-state index in [9.17, 15) is 9.90 Å². The van der Waals surface area contributed by atoms with E-state index in [2.05, 4.69) is 28.9 Å². The van der Waals surface area contributed by atoms with Crippen LogP contribution in [0.25, 0.3) is 0 Å². The molecule has 1 saturated carbocycles. The van der Waals surface area contributed by atoms with E-state index in [1.54, 1.807) is 0 Å². The zero-order chi connectivity index (χ0) is 13.8. The number of carboxylic acids is 1. The lowest BCUT2D eigenvalue weighted by molar-refractivity contribution is -0.858. The van der Waals surface area contributed by atoms with E-state index in [-0.39, 0.29) is 5.75 Å². The SMILES string of the molecule is C[NH+](C)CCCn1c(SCC(=O)[O-])nnc1C1CC1. The molecule has 0 radical (unpaired) electrons. The molecule has 7 heteroatoms. The molecule has 0 atom stereocenters. The van der Waals surface area contributed by atoms with Gasteiger partial charge in [0, 0.05) is 24.6 Å². The van der Waals surface area contributed by atoms with Crippen molar-refractivity contribution in [3.8, 4) is 0 Å². The van der Waals surface area contributed by atoms with E-state index in [0.29, 0.717) is 11.1 Å². The lowest BCUT2D eigenvalue weighted by Crippen LogP contribution is -3.05. The molecule has 0 aliphatic heterocycles. The minimum absolute atomic E-state index is 0.0677. The van der Waals surface area contributed by atoms with Crippen LogP contribution >= 0.6 is 11.8 Å². The van der Waals surface area contributed by atoms with Crippen LogP contribution in [0.15, 0.2) is 5.16 Å². The first-order valence-corrected chi connectivity index (χ1v) is 7.61. The van der Waals surface area contributed by atoms with Crippen LogP contribution in [-0.2, 0) is 11.3 Å². The van der Waals surface area contributed by atoms with Gasteiger partial charge in [0.05, 0.1) is 26.6 Å². The molecule has 2 rings (SSSR count). The van der Waals surface area contributed by atoms with E-state index in [1.807, 2.05) is 0 Å². The van der Waals surface area contributed by atoms with Gasteiger partial charge in [0.25, 0.3) is 0 Å². The van der Waals surface area contributed by atoms with Crippen LogP contribution in [0.2, 0.25) is 0 Å². The first kappa shape index (κ1) is 14.3. The Morgan fingerprint density at radius 2 is 2.21 bits per heavy atom. The highest BCUT2D eigenvalue weighted by molar-refractivity contribution is 7.99. The van der Waals surface area contributed by atoms with Gasteiger partial charge in [-0.3, -0.25) is 0 Å². The summed E-state index contributed by atoms with van der Waals surface area (Å²) >= 11 is 1.20. The smallest absolute Gasteiger partial charge is 0.191 e. The molecule has 1 heterocycles. The predicted octanol–water partition coefficient (Wildman–Crippen LogP) is -1.47. The molecule has 106 valence electrons. The minimum Gasteiger partial charge on any atom is -0.549 e. The second-order valence-electron chi connectivity index (χ2n) is 5.24. The maximum absolute atomic E-state index is 10.5. The Morgan fingerprint density at radius 1 is 1.47 bits per heavy atom. The number of aromatic nitrogens is 3. The number of hydrogen-bond donors (Lipinski definition) is 1. The largest absolute Gasteiger partial charge is 0.549 e. The minimum atomic E-state index is -1.06. The number of quaternary nitrogens is 1. The molecular formula is C12H20N4O2S. The van der Waals surface area contributed by atoms with Gasteiger partial charge >= 0.3 is 0 Å². The lowest BCUT2D eigenvalue weighted by Gasteiger charge is -2.11. The van der Waals surface area contributed by atoms with Gasteiger partial charge in [-0.2, -0.15) is 0 Å². The summed E-state index contributed by atoms with van der Waals surface area (Å²) in [5.41, 5.74) is 0. The molecule has 0 amide bonds. The fourth-order valence-corrected chi connectivity index (χ4v) is 2.66. The van der Waals surface area contributed by atoms with Gasteiger partial charge in [0.1, 0.15) is 5.82 Å². The van der Waals surface area contributed by atoms with Crippen molar-refractivity contribution in [1.29, 1.82) is 0 Å². The Labute approximate surface area is 117 Å². The van der Waals surface area contributed by atoms with Gasteiger partial charge in [-0.05, 0) is 12.8 Å². The Morgan fingerprint density at radius 3 is 2.79 bits per heavy atom. The molecule has 1 aromatic rings. The first-order valence-electron chi connectivity index (χ1n) is 6.62. The molecule has 0 bridgehead atoms. The molecule has 1 aliphatic carbocycles. The van der Waals surface area contributed by atoms with Crippen molar-refractivity contribution in [1.82, 2.24) is 14.8 Å². The summed E-state index contributed by atoms with van der Waals surface area (Å²) in [6.45, 7) is 1.94. The normalized spacial score (nSPS) is 15.1. The van der Waals surface area contributed by atoms with Gasteiger partial charge < -0.3 is 19.4 Å². The van der Waals surface area contributed by atoms with Crippen molar-refractivity contribution < 1.29 is 14.8 Å². The van der Waals surface area contributed by atoms with Crippen LogP contribution < -0.4 is 10.0 Å². The topological polar surface area (TPSA) is 75.3 Å². The average molecular weight is 284 g/mol. The van der Waals surface area contributed by atoms with Crippen molar-refractivity contribution in [2.75, 3.05) is 26.4 Å². The van der Waals surface area contributed by atoms with Crippen LogP contribution in [0.3, 0.4) is 0 Å². The van der Waals surface area contributed by atoms with Crippen molar-refractivity contribution in [3.05, 3.63) is 5.82 Å². The van der Waals surface area contributed by atoms with Crippen molar-refractivity contribution in [3.63, 3.8) is 0 Å². The summed E-state index contributed by atoms with van der Waals surface area (Å²) in [7, 11) is 4.25. The molecule has 1 fully saturated rings. The van der Waals surface area contributed by atoms with Gasteiger partial charge in [0.2, 0.25) is 0 Å². The quantitative estimate of drug-likeness (QED) is 0.590. The predicted molar refractivity (Wildman–Crippen MR) is 70.0 cm³/mol. The van der Waals surface area contributed by atoms with E-state index < -0.39 is 5.97 Å². The highest BCUT2D eigenvalue weighted by atomic mass is 32.2. The molecule has 19 heavy (non-hydrogen) atoms. The van der Waals surface area contributed by atoms with Crippen LogP contribution in [0.5, 0.6) is 0 Å². The molecule has 6 nitrogen and oxygen atoms in total. The fourth-order valence-electron chi connectivity index (χ4n) is 1.97.